The van der Waals surface area contributed by atoms with Crippen molar-refractivity contribution in [3.05, 3.63) is 0 Å². The second-order valence-corrected chi connectivity index (χ2v) is 4.18. The number of hydrazine groups is 1. The highest BCUT2D eigenvalue weighted by Crippen LogP contribution is 2.02. The Morgan fingerprint density at radius 3 is 2.12 bits per heavy atom. The molecule has 0 saturated heterocycles. The minimum atomic E-state index is -0.987. The molecule has 2 N–H and O–H groups in total. The first kappa shape index (κ1) is 15.2. The molecular weight excluding hydrogens is 211 g/mol. The zero-order chi connectivity index (χ0) is 12.7. The third-order valence-electron chi connectivity index (χ3n) is 2.45. The highest BCUT2D eigenvalue weighted by molar-refractivity contribution is 5.85. The van der Waals surface area contributed by atoms with Crippen molar-refractivity contribution in [2.45, 2.75) is 46.2 Å². The van der Waals surface area contributed by atoms with Gasteiger partial charge in [0.25, 0.3) is 0 Å². The van der Waals surface area contributed by atoms with Gasteiger partial charge in [0.1, 0.15) is 12.5 Å². The van der Waals surface area contributed by atoms with Crippen molar-refractivity contribution in [2.24, 2.45) is 5.92 Å². The number of alkyl halides is 1. The van der Waals surface area contributed by atoms with Crippen molar-refractivity contribution < 1.29 is 14.0 Å². The van der Waals surface area contributed by atoms with Crippen molar-refractivity contribution in [1.82, 2.24) is 10.9 Å². The largest absolute Gasteiger partial charge is 0.298 e. The van der Waals surface area contributed by atoms with Crippen molar-refractivity contribution >= 4 is 11.6 Å². The van der Waals surface area contributed by atoms with E-state index in [-0.39, 0.29) is 17.7 Å². The molecule has 0 bridgehead atoms. The maximum absolute atomic E-state index is 12.2. The molecule has 0 aromatic heterocycles. The van der Waals surface area contributed by atoms with Gasteiger partial charge in [-0.05, 0) is 19.3 Å². The average molecular weight is 232 g/mol. The van der Waals surface area contributed by atoms with Crippen LogP contribution in [0, 0.1) is 5.92 Å². The standard InChI is InChI=1S/C11H21FN2O2/c1-5-9(10(16)6-12)13-14-11(7(2)3)8(4)15/h7,9,11,13-14H,5-6H2,1-4H3. The molecule has 4 nitrogen and oxygen atoms in total. The normalized spacial score (nSPS) is 14.9. The third kappa shape index (κ3) is 4.81. The fourth-order valence-electron chi connectivity index (χ4n) is 1.43. The summed E-state index contributed by atoms with van der Waals surface area (Å²) in [5.74, 6) is -0.394. The lowest BCUT2D eigenvalue weighted by molar-refractivity contribution is -0.124. The minimum Gasteiger partial charge on any atom is -0.298 e. The Kier molecular flexibility index (Phi) is 7.08. The van der Waals surface area contributed by atoms with Crippen LogP contribution in [0.15, 0.2) is 0 Å². The first-order valence-corrected chi connectivity index (χ1v) is 5.54. The Balaban J connectivity index is 4.27. The summed E-state index contributed by atoms with van der Waals surface area (Å²) in [5, 5.41) is 0. The van der Waals surface area contributed by atoms with Gasteiger partial charge < -0.3 is 0 Å². The number of hydrogen-bond donors (Lipinski definition) is 2. The van der Waals surface area contributed by atoms with Gasteiger partial charge in [-0.15, -0.1) is 0 Å². The van der Waals surface area contributed by atoms with E-state index >= 15 is 0 Å². The predicted molar refractivity (Wildman–Crippen MR) is 60.6 cm³/mol. The van der Waals surface area contributed by atoms with Crippen LogP contribution in [0.2, 0.25) is 0 Å². The molecule has 16 heavy (non-hydrogen) atoms. The number of hydrogen-bond acceptors (Lipinski definition) is 4. The van der Waals surface area contributed by atoms with E-state index in [1.165, 1.54) is 6.92 Å². The van der Waals surface area contributed by atoms with Crippen LogP contribution >= 0.6 is 0 Å². The number of Topliss-reactive ketones (excluding diaryl/α,β-unsaturated/α-hetero) is 2. The highest BCUT2D eigenvalue weighted by atomic mass is 19.1. The van der Waals surface area contributed by atoms with Crippen molar-refractivity contribution in [1.29, 1.82) is 0 Å². The van der Waals surface area contributed by atoms with Crippen LogP contribution in [0.3, 0.4) is 0 Å². The zero-order valence-corrected chi connectivity index (χ0v) is 10.3. The molecule has 0 radical (unpaired) electrons. The molecule has 2 unspecified atom stereocenters. The lowest BCUT2D eigenvalue weighted by Crippen LogP contribution is -2.53. The molecule has 0 rings (SSSR count). The molecule has 0 aliphatic carbocycles. The molecule has 94 valence electrons. The molecule has 0 amide bonds. The average Bonchev–Trinajstić information content (AvgIpc) is 2.22. The van der Waals surface area contributed by atoms with Gasteiger partial charge in [-0.1, -0.05) is 20.8 Å². The van der Waals surface area contributed by atoms with Crippen LogP contribution in [0.4, 0.5) is 4.39 Å². The summed E-state index contributed by atoms with van der Waals surface area (Å²) in [5.41, 5.74) is 5.52. The molecule has 0 aliphatic rings. The second-order valence-electron chi connectivity index (χ2n) is 4.18. The van der Waals surface area contributed by atoms with E-state index in [0.717, 1.165) is 0 Å². The molecule has 2 atom stereocenters. The monoisotopic (exact) mass is 232 g/mol. The molecule has 5 heteroatoms. The number of ketones is 2. The Morgan fingerprint density at radius 1 is 1.25 bits per heavy atom. The van der Waals surface area contributed by atoms with Gasteiger partial charge in [0.15, 0.2) is 5.78 Å². The molecule has 0 heterocycles. The topological polar surface area (TPSA) is 58.2 Å². The Morgan fingerprint density at radius 2 is 1.81 bits per heavy atom. The summed E-state index contributed by atoms with van der Waals surface area (Å²) in [7, 11) is 0. The van der Waals surface area contributed by atoms with Gasteiger partial charge in [0.05, 0.1) is 12.1 Å². The van der Waals surface area contributed by atoms with Crippen molar-refractivity contribution in [3.8, 4) is 0 Å². The van der Waals surface area contributed by atoms with E-state index in [0.29, 0.717) is 6.42 Å². The van der Waals surface area contributed by atoms with Crippen molar-refractivity contribution in [3.63, 3.8) is 0 Å². The molecule has 0 saturated carbocycles. The molecule has 0 spiro atoms. The smallest absolute Gasteiger partial charge is 0.181 e. The summed E-state index contributed by atoms with van der Waals surface area (Å²) < 4.78 is 12.2. The van der Waals surface area contributed by atoms with Crippen LogP contribution < -0.4 is 10.9 Å². The number of carbonyl (C=O) groups is 2. The van der Waals surface area contributed by atoms with Gasteiger partial charge in [-0.2, -0.15) is 0 Å². The Bertz CT molecular complexity index is 244. The summed E-state index contributed by atoms with van der Waals surface area (Å²) in [6.07, 6.45) is 0.485. The number of rotatable bonds is 8. The van der Waals surface area contributed by atoms with E-state index in [1.54, 1.807) is 6.92 Å². The number of halogens is 1. The summed E-state index contributed by atoms with van der Waals surface area (Å²) in [4.78, 5) is 22.4. The molecular formula is C11H21FN2O2. The fourth-order valence-corrected chi connectivity index (χ4v) is 1.43. The summed E-state index contributed by atoms with van der Waals surface area (Å²) in [6, 6.07) is -0.938. The molecule has 0 fully saturated rings. The molecule has 0 aromatic carbocycles. The van der Waals surface area contributed by atoms with Crippen LogP contribution in [0.1, 0.15) is 34.1 Å². The summed E-state index contributed by atoms with van der Waals surface area (Å²) >= 11 is 0. The number of nitrogens with one attached hydrogen (secondary N) is 2. The first-order chi connectivity index (χ1) is 7.43. The van der Waals surface area contributed by atoms with Crippen LogP contribution in [-0.4, -0.2) is 30.3 Å². The van der Waals surface area contributed by atoms with Crippen LogP contribution in [-0.2, 0) is 9.59 Å². The SMILES string of the molecule is CCC(NNC(C(C)=O)C(C)C)C(=O)CF. The van der Waals surface area contributed by atoms with E-state index in [2.05, 4.69) is 10.9 Å². The Labute approximate surface area is 95.9 Å². The third-order valence-corrected chi connectivity index (χ3v) is 2.45. The molecule has 0 aromatic rings. The fraction of sp³-hybridized carbons (Fsp3) is 0.818. The van der Waals surface area contributed by atoms with Gasteiger partial charge in [-0.3, -0.25) is 9.59 Å². The van der Waals surface area contributed by atoms with Crippen LogP contribution in [0.25, 0.3) is 0 Å². The van der Waals surface area contributed by atoms with E-state index in [1.807, 2.05) is 13.8 Å². The Hall–Kier alpha value is -0.810. The maximum Gasteiger partial charge on any atom is 0.181 e. The van der Waals surface area contributed by atoms with E-state index in [4.69, 9.17) is 0 Å². The molecule has 0 aliphatic heterocycles. The summed E-state index contributed by atoms with van der Waals surface area (Å²) in [6.45, 7) is 6.08. The van der Waals surface area contributed by atoms with Gasteiger partial charge in [0, 0.05) is 0 Å². The van der Waals surface area contributed by atoms with Crippen LogP contribution in [0.5, 0.6) is 0 Å². The lowest BCUT2D eigenvalue weighted by atomic mass is 10.0. The van der Waals surface area contributed by atoms with Gasteiger partial charge in [0.2, 0.25) is 0 Å². The minimum absolute atomic E-state index is 0.00921. The number of carbonyl (C=O) groups excluding carboxylic acids is 2. The zero-order valence-electron chi connectivity index (χ0n) is 10.3. The highest BCUT2D eigenvalue weighted by Gasteiger charge is 2.21. The van der Waals surface area contributed by atoms with E-state index in [9.17, 15) is 14.0 Å². The first-order valence-electron chi connectivity index (χ1n) is 5.54. The predicted octanol–water partition coefficient (Wildman–Crippen LogP) is 1.01. The quantitative estimate of drug-likeness (QED) is 0.613. The van der Waals surface area contributed by atoms with E-state index < -0.39 is 18.5 Å². The van der Waals surface area contributed by atoms with Crippen molar-refractivity contribution in [2.75, 3.05) is 6.67 Å². The van der Waals surface area contributed by atoms with Gasteiger partial charge in [-0.25, -0.2) is 15.2 Å². The lowest BCUT2D eigenvalue weighted by Gasteiger charge is -2.23. The van der Waals surface area contributed by atoms with Gasteiger partial charge >= 0.3 is 0 Å². The second kappa shape index (κ2) is 7.46. The maximum atomic E-state index is 12.2.